The number of benzene rings is 1. The largest absolute Gasteiger partial charge is 0.497 e. The molecule has 5 atom stereocenters. The molecule has 1 aromatic rings. The quantitative estimate of drug-likeness (QED) is 0.562. The van der Waals surface area contributed by atoms with Crippen molar-refractivity contribution >= 4 is 11.7 Å². The second-order valence-corrected chi connectivity index (χ2v) is 11.5. The monoisotopic (exact) mass is 451 g/mol. The second-order valence-electron chi connectivity index (χ2n) is 11.5. The van der Waals surface area contributed by atoms with Crippen LogP contribution in [-0.4, -0.2) is 24.8 Å². The summed E-state index contributed by atoms with van der Waals surface area (Å²) in [6.45, 7) is 2.24. The minimum absolute atomic E-state index is 0.187. The highest BCUT2D eigenvalue weighted by Crippen LogP contribution is 2.62. The Kier molecular flexibility index (Phi) is 6.55. The van der Waals surface area contributed by atoms with Gasteiger partial charge in [0.25, 0.3) is 0 Å². The number of nitrogens with one attached hydrogen (secondary N) is 1. The van der Waals surface area contributed by atoms with Crippen molar-refractivity contribution in [1.29, 1.82) is 0 Å². The lowest BCUT2D eigenvalue weighted by molar-refractivity contribution is -0.129. The summed E-state index contributed by atoms with van der Waals surface area (Å²) in [5.74, 6) is 3.50. The molecule has 4 aliphatic carbocycles. The molecule has 0 aliphatic heterocycles. The van der Waals surface area contributed by atoms with Gasteiger partial charge in [0, 0.05) is 24.3 Å². The Balaban J connectivity index is 1.28. The number of rotatable bonds is 5. The first kappa shape index (κ1) is 22.9. The maximum Gasteiger partial charge on any atom is 0.220 e. The number of amides is 1. The van der Waals surface area contributed by atoms with Crippen LogP contribution in [0, 0.1) is 23.2 Å². The van der Waals surface area contributed by atoms with Crippen LogP contribution in [0.4, 0.5) is 0 Å². The zero-order chi connectivity index (χ0) is 23.0. The fraction of sp³-hybridized carbons (Fsp3) is 0.724. The number of carbonyl (C=O) groups is 2. The third-order valence-corrected chi connectivity index (χ3v) is 9.74. The maximum atomic E-state index is 13.2. The lowest BCUT2D eigenvalue weighted by atomic mass is 9.54. The second kappa shape index (κ2) is 9.43. The Morgan fingerprint density at radius 3 is 2.67 bits per heavy atom. The Hall–Kier alpha value is -1.84. The van der Waals surface area contributed by atoms with Crippen LogP contribution in [0.3, 0.4) is 0 Å². The third-order valence-electron chi connectivity index (χ3n) is 9.74. The summed E-state index contributed by atoms with van der Waals surface area (Å²) in [5.41, 5.74) is 2.73. The Morgan fingerprint density at radius 1 is 1.12 bits per heavy atom. The van der Waals surface area contributed by atoms with Gasteiger partial charge in [-0.05, 0) is 91.9 Å². The van der Waals surface area contributed by atoms with Crippen LogP contribution >= 0.6 is 0 Å². The van der Waals surface area contributed by atoms with Gasteiger partial charge in [0.15, 0.2) is 0 Å². The summed E-state index contributed by atoms with van der Waals surface area (Å²) in [6.07, 6.45) is 13.8. The fourth-order valence-electron chi connectivity index (χ4n) is 8.05. The molecular weight excluding hydrogens is 410 g/mol. The molecule has 3 saturated carbocycles. The van der Waals surface area contributed by atoms with Gasteiger partial charge in [-0.2, -0.15) is 0 Å². The minimum atomic E-state index is -0.187. The minimum Gasteiger partial charge on any atom is -0.497 e. The highest BCUT2D eigenvalue weighted by Gasteiger charge is 2.58. The van der Waals surface area contributed by atoms with Gasteiger partial charge >= 0.3 is 0 Å². The van der Waals surface area contributed by atoms with E-state index in [2.05, 4.69) is 30.4 Å². The third kappa shape index (κ3) is 4.35. The molecule has 1 aromatic carbocycles. The van der Waals surface area contributed by atoms with Crippen LogP contribution in [0.1, 0.15) is 101 Å². The molecule has 180 valence electrons. The molecule has 3 fully saturated rings. The van der Waals surface area contributed by atoms with Gasteiger partial charge in [-0.3, -0.25) is 9.59 Å². The zero-order valence-corrected chi connectivity index (χ0v) is 20.5. The van der Waals surface area contributed by atoms with Crippen LogP contribution in [0.25, 0.3) is 0 Å². The van der Waals surface area contributed by atoms with E-state index in [1.165, 1.54) is 36.8 Å². The molecule has 1 N–H and O–H groups in total. The van der Waals surface area contributed by atoms with E-state index in [9.17, 15) is 9.59 Å². The predicted molar refractivity (Wildman–Crippen MR) is 130 cm³/mol. The molecule has 0 saturated heterocycles. The summed E-state index contributed by atoms with van der Waals surface area (Å²) in [5, 5.41) is 3.32. The van der Waals surface area contributed by atoms with Gasteiger partial charge in [0.05, 0.1) is 7.11 Å². The lowest BCUT2D eigenvalue weighted by Crippen LogP contribution is -2.44. The van der Waals surface area contributed by atoms with Crippen molar-refractivity contribution in [3.8, 4) is 5.75 Å². The number of hydrogen-bond acceptors (Lipinski definition) is 3. The number of ether oxygens (including phenoxy) is 1. The Morgan fingerprint density at radius 2 is 1.91 bits per heavy atom. The first-order valence-corrected chi connectivity index (χ1v) is 13.5. The highest BCUT2D eigenvalue weighted by molar-refractivity contribution is 5.88. The Labute approximate surface area is 199 Å². The summed E-state index contributed by atoms with van der Waals surface area (Å²) in [6, 6.07) is 6.96. The fourth-order valence-corrected chi connectivity index (χ4v) is 8.05. The molecule has 4 aliphatic rings. The van der Waals surface area contributed by atoms with Crippen molar-refractivity contribution < 1.29 is 14.3 Å². The van der Waals surface area contributed by atoms with Gasteiger partial charge < -0.3 is 10.1 Å². The molecule has 0 unspecified atom stereocenters. The molecule has 5 rings (SSSR count). The standard InChI is InChI=1S/C29H41NO3/c1-29-16-15-24-23-13-11-22(33-2)17-19(23)9-12-25(24)28(29)20(18-26(29)31)10-14-27(32)30-21-7-5-3-4-6-8-21/h11,13,17,20-21,24-25,28H,3-10,12,14-16,18H2,1-2H3,(H,30,32)/t20-,24-,25-,28+,29-/m1/s1. The summed E-state index contributed by atoms with van der Waals surface area (Å²) in [4.78, 5) is 26.0. The topological polar surface area (TPSA) is 55.4 Å². The predicted octanol–water partition coefficient (Wildman–Crippen LogP) is 5.97. The van der Waals surface area contributed by atoms with Gasteiger partial charge in [0.2, 0.25) is 5.91 Å². The van der Waals surface area contributed by atoms with E-state index in [0.29, 0.717) is 48.3 Å². The number of hydrogen-bond donors (Lipinski definition) is 1. The zero-order valence-electron chi connectivity index (χ0n) is 20.5. The summed E-state index contributed by atoms with van der Waals surface area (Å²) < 4.78 is 5.47. The molecule has 4 heteroatoms. The first-order chi connectivity index (χ1) is 16.0. The van der Waals surface area contributed by atoms with E-state index in [-0.39, 0.29) is 11.3 Å². The van der Waals surface area contributed by atoms with Gasteiger partial charge in [-0.1, -0.05) is 38.7 Å². The number of carbonyl (C=O) groups excluding carboxylic acids is 2. The van der Waals surface area contributed by atoms with Crippen molar-refractivity contribution in [1.82, 2.24) is 5.32 Å². The van der Waals surface area contributed by atoms with Gasteiger partial charge in [0.1, 0.15) is 11.5 Å². The molecule has 0 aromatic heterocycles. The van der Waals surface area contributed by atoms with Crippen molar-refractivity contribution in [3.05, 3.63) is 29.3 Å². The van der Waals surface area contributed by atoms with Crippen molar-refractivity contribution in [3.63, 3.8) is 0 Å². The van der Waals surface area contributed by atoms with Crippen molar-refractivity contribution in [2.45, 2.75) is 102 Å². The van der Waals surface area contributed by atoms with Gasteiger partial charge in [-0.15, -0.1) is 0 Å². The molecule has 4 nitrogen and oxygen atoms in total. The first-order valence-electron chi connectivity index (χ1n) is 13.5. The van der Waals surface area contributed by atoms with E-state index in [1.807, 2.05) is 0 Å². The average molecular weight is 452 g/mol. The number of fused-ring (bicyclic) bond motifs is 5. The Bertz CT molecular complexity index is 887. The average Bonchev–Trinajstić information content (AvgIpc) is 2.96. The highest BCUT2D eigenvalue weighted by atomic mass is 16.5. The molecular formula is C29H41NO3. The summed E-state index contributed by atoms with van der Waals surface area (Å²) in [7, 11) is 1.74. The molecule has 0 heterocycles. The SMILES string of the molecule is COc1ccc2c(c1)CC[C@H]1[C@@H]3[C@H](CCC(=O)NC4CCCCCC4)CC(=O)[C@@]3(C)CC[C@H]21. The molecule has 0 radical (unpaired) electrons. The lowest BCUT2D eigenvalue weighted by Gasteiger charge is -2.50. The molecule has 0 spiro atoms. The van der Waals surface area contributed by atoms with Crippen LogP contribution in [0.15, 0.2) is 18.2 Å². The van der Waals surface area contributed by atoms with Crippen LogP contribution in [0.5, 0.6) is 5.75 Å². The van der Waals surface area contributed by atoms with Crippen molar-refractivity contribution in [2.24, 2.45) is 23.2 Å². The maximum absolute atomic E-state index is 13.2. The molecule has 0 bridgehead atoms. The van der Waals surface area contributed by atoms with Crippen LogP contribution < -0.4 is 10.1 Å². The van der Waals surface area contributed by atoms with E-state index in [0.717, 1.165) is 50.7 Å². The smallest absolute Gasteiger partial charge is 0.220 e. The number of aryl methyl sites for hydroxylation is 1. The van der Waals surface area contributed by atoms with E-state index >= 15 is 0 Å². The van der Waals surface area contributed by atoms with E-state index < -0.39 is 0 Å². The van der Waals surface area contributed by atoms with E-state index in [1.54, 1.807) is 7.11 Å². The van der Waals surface area contributed by atoms with E-state index in [4.69, 9.17) is 4.74 Å². The normalized spacial score (nSPS) is 34.1. The summed E-state index contributed by atoms with van der Waals surface area (Å²) >= 11 is 0. The molecule has 33 heavy (non-hydrogen) atoms. The van der Waals surface area contributed by atoms with Crippen LogP contribution in [0.2, 0.25) is 0 Å². The van der Waals surface area contributed by atoms with Gasteiger partial charge in [-0.25, -0.2) is 0 Å². The van der Waals surface area contributed by atoms with Crippen molar-refractivity contribution in [2.75, 3.05) is 7.11 Å². The van der Waals surface area contributed by atoms with Crippen LogP contribution in [-0.2, 0) is 16.0 Å². The molecule has 1 amide bonds. The number of ketones is 1. The number of methoxy groups -OCH3 is 1. The number of Topliss-reactive ketones (excluding diaryl/α,β-unsaturated/α-hetero) is 1.